The highest BCUT2D eigenvalue weighted by molar-refractivity contribution is 5.84. The van der Waals surface area contributed by atoms with E-state index >= 15 is 0 Å². The molecule has 0 bridgehead atoms. The number of carbonyl (C=O) groups excluding carboxylic acids is 2. The molecule has 0 aliphatic rings. The van der Waals surface area contributed by atoms with E-state index < -0.39 is 12.0 Å². The highest BCUT2D eigenvalue weighted by Crippen LogP contribution is 2.02. The molecule has 0 aliphatic carbocycles. The van der Waals surface area contributed by atoms with Crippen LogP contribution in [0.2, 0.25) is 0 Å². The van der Waals surface area contributed by atoms with Crippen LogP contribution in [0.4, 0.5) is 0 Å². The smallest absolute Gasteiger partial charge is 0.328 e. The molecule has 0 radical (unpaired) electrons. The highest BCUT2D eigenvalue weighted by Gasteiger charge is 2.20. The first-order valence-electron chi connectivity index (χ1n) is 8.70. The van der Waals surface area contributed by atoms with E-state index in [1.54, 1.807) is 0 Å². The van der Waals surface area contributed by atoms with E-state index in [0.717, 1.165) is 25.9 Å². The Kier molecular flexibility index (Phi) is 16.7. The zero-order valence-electron chi connectivity index (χ0n) is 15.5. The third-order valence-corrected chi connectivity index (χ3v) is 3.29. The molecule has 0 rings (SSSR count). The second-order valence-electron chi connectivity index (χ2n) is 5.37. The number of nitrogens with one attached hydrogen (secondary N) is 2. The van der Waals surface area contributed by atoms with Gasteiger partial charge in [-0.1, -0.05) is 0 Å². The summed E-state index contributed by atoms with van der Waals surface area (Å²) >= 11 is 0. The van der Waals surface area contributed by atoms with Gasteiger partial charge in [-0.05, 0) is 26.3 Å². The Balaban J connectivity index is 3.69. The van der Waals surface area contributed by atoms with Crippen molar-refractivity contribution in [1.82, 2.24) is 10.6 Å². The predicted molar refractivity (Wildman–Crippen MR) is 91.9 cm³/mol. The third-order valence-electron chi connectivity index (χ3n) is 3.29. The fourth-order valence-corrected chi connectivity index (χ4v) is 1.93. The molecule has 0 unspecified atom stereocenters. The van der Waals surface area contributed by atoms with Crippen molar-refractivity contribution in [2.45, 2.75) is 25.3 Å². The normalized spacial score (nSPS) is 12.0. The summed E-state index contributed by atoms with van der Waals surface area (Å²) in [6.45, 7) is 3.82. The third kappa shape index (κ3) is 14.8. The SMILES string of the molecule is CNCCOCCOCCOCC(=O)N[C@@H](CCCC[NH3+])C(=O)OC. The maximum Gasteiger partial charge on any atom is 0.328 e. The fraction of sp³-hybridized carbons (Fsp3) is 0.875. The van der Waals surface area contributed by atoms with Crippen LogP contribution in [0.5, 0.6) is 0 Å². The summed E-state index contributed by atoms with van der Waals surface area (Å²) in [5.41, 5.74) is 3.75. The number of amides is 1. The van der Waals surface area contributed by atoms with Gasteiger partial charge < -0.3 is 35.3 Å². The predicted octanol–water partition coefficient (Wildman–Crippen LogP) is -1.67. The lowest BCUT2D eigenvalue weighted by atomic mass is 10.1. The Morgan fingerprint density at radius 2 is 1.64 bits per heavy atom. The first kappa shape index (κ1) is 23.7. The van der Waals surface area contributed by atoms with Gasteiger partial charge in [-0.2, -0.15) is 0 Å². The van der Waals surface area contributed by atoms with Crippen LogP contribution >= 0.6 is 0 Å². The zero-order chi connectivity index (χ0) is 18.8. The average Bonchev–Trinajstić information content (AvgIpc) is 2.62. The van der Waals surface area contributed by atoms with Crippen molar-refractivity contribution in [3.8, 4) is 0 Å². The van der Waals surface area contributed by atoms with Crippen LogP contribution in [0.3, 0.4) is 0 Å². The second kappa shape index (κ2) is 17.6. The summed E-state index contributed by atoms with van der Waals surface area (Å²) in [5, 5.41) is 5.61. The summed E-state index contributed by atoms with van der Waals surface area (Å²) < 4.78 is 20.5. The second-order valence-corrected chi connectivity index (χ2v) is 5.37. The molecule has 0 saturated heterocycles. The van der Waals surface area contributed by atoms with Gasteiger partial charge >= 0.3 is 5.97 Å². The Morgan fingerprint density at radius 1 is 1.00 bits per heavy atom. The molecule has 0 fully saturated rings. The molecule has 1 amide bonds. The van der Waals surface area contributed by atoms with Gasteiger partial charge in [0.2, 0.25) is 5.91 Å². The van der Waals surface area contributed by atoms with E-state index in [1.165, 1.54) is 7.11 Å². The van der Waals surface area contributed by atoms with Crippen LogP contribution in [-0.2, 0) is 28.5 Å². The number of esters is 1. The van der Waals surface area contributed by atoms with E-state index in [0.29, 0.717) is 39.5 Å². The molecule has 148 valence electrons. The van der Waals surface area contributed by atoms with Crippen molar-refractivity contribution in [1.29, 1.82) is 0 Å². The molecular weight excluding hydrogens is 330 g/mol. The maximum atomic E-state index is 11.8. The summed E-state index contributed by atoms with van der Waals surface area (Å²) in [6.07, 6.45) is 2.23. The van der Waals surface area contributed by atoms with Crippen molar-refractivity contribution in [3.63, 3.8) is 0 Å². The lowest BCUT2D eigenvalue weighted by Crippen LogP contribution is -2.50. The Bertz CT molecular complexity index is 344. The standard InChI is InChI=1S/C16H33N3O6/c1-18-7-8-23-9-10-24-11-12-25-13-15(20)19-14(16(21)22-2)5-3-4-6-17/h14,18H,3-13,17H2,1-2H3,(H,19,20)/p+1/t14-/m0/s1. The van der Waals surface area contributed by atoms with E-state index in [4.69, 9.17) is 18.9 Å². The molecule has 5 N–H and O–H groups in total. The monoisotopic (exact) mass is 364 g/mol. The van der Waals surface area contributed by atoms with Crippen molar-refractivity contribution in [3.05, 3.63) is 0 Å². The van der Waals surface area contributed by atoms with Crippen molar-refractivity contribution >= 4 is 11.9 Å². The summed E-state index contributed by atoms with van der Waals surface area (Å²) in [7, 11) is 3.17. The number of quaternary nitrogens is 1. The molecule has 0 saturated carbocycles. The van der Waals surface area contributed by atoms with Gasteiger partial charge in [0, 0.05) is 6.54 Å². The Labute approximate surface area is 149 Å². The van der Waals surface area contributed by atoms with Crippen LogP contribution in [0.25, 0.3) is 0 Å². The lowest BCUT2D eigenvalue weighted by molar-refractivity contribution is -0.368. The van der Waals surface area contributed by atoms with E-state index in [9.17, 15) is 9.59 Å². The van der Waals surface area contributed by atoms with Crippen molar-refractivity contribution < 1.29 is 34.3 Å². The Morgan fingerprint density at radius 3 is 2.24 bits per heavy atom. The van der Waals surface area contributed by atoms with E-state index in [1.807, 2.05) is 7.05 Å². The van der Waals surface area contributed by atoms with Crippen molar-refractivity contribution in [2.75, 3.05) is 66.9 Å². The molecule has 0 aromatic heterocycles. The number of rotatable bonds is 17. The van der Waals surface area contributed by atoms with Crippen LogP contribution in [0.1, 0.15) is 19.3 Å². The van der Waals surface area contributed by atoms with E-state index in [-0.39, 0.29) is 12.5 Å². The summed E-state index contributed by atoms with van der Waals surface area (Å²) in [5.74, 6) is -0.792. The number of hydrogen-bond donors (Lipinski definition) is 3. The van der Waals surface area contributed by atoms with Gasteiger partial charge in [-0.15, -0.1) is 0 Å². The summed E-state index contributed by atoms with van der Waals surface area (Å²) in [4.78, 5) is 23.5. The van der Waals surface area contributed by atoms with Gasteiger partial charge in [-0.25, -0.2) is 4.79 Å². The number of ether oxygens (including phenoxy) is 4. The van der Waals surface area contributed by atoms with E-state index in [2.05, 4.69) is 16.4 Å². The number of carbonyl (C=O) groups is 2. The minimum absolute atomic E-state index is 0.120. The fourth-order valence-electron chi connectivity index (χ4n) is 1.93. The first-order valence-corrected chi connectivity index (χ1v) is 8.70. The van der Waals surface area contributed by atoms with Crippen LogP contribution < -0.4 is 16.4 Å². The minimum Gasteiger partial charge on any atom is -0.467 e. The average molecular weight is 364 g/mol. The number of hydrogen-bond acceptors (Lipinski definition) is 7. The molecule has 1 atom stereocenters. The van der Waals surface area contributed by atoms with Gasteiger partial charge in [0.15, 0.2) is 0 Å². The molecule has 0 aromatic rings. The zero-order valence-corrected chi connectivity index (χ0v) is 15.5. The summed E-state index contributed by atoms with van der Waals surface area (Å²) in [6, 6.07) is -0.640. The van der Waals surface area contributed by atoms with Crippen LogP contribution in [-0.4, -0.2) is 84.8 Å². The maximum absolute atomic E-state index is 11.8. The lowest BCUT2D eigenvalue weighted by Gasteiger charge is -2.16. The molecule has 0 aromatic carbocycles. The Hall–Kier alpha value is -1.26. The van der Waals surface area contributed by atoms with Crippen LogP contribution in [0.15, 0.2) is 0 Å². The minimum atomic E-state index is -0.640. The van der Waals surface area contributed by atoms with Gasteiger partial charge in [0.25, 0.3) is 0 Å². The molecule has 9 nitrogen and oxygen atoms in total. The molecule has 9 heteroatoms. The molecular formula is C16H34N3O6+. The molecule has 0 heterocycles. The largest absolute Gasteiger partial charge is 0.467 e. The first-order chi connectivity index (χ1) is 12.2. The van der Waals surface area contributed by atoms with Crippen LogP contribution in [0, 0.1) is 0 Å². The number of methoxy groups -OCH3 is 1. The van der Waals surface area contributed by atoms with Gasteiger partial charge in [-0.3, -0.25) is 4.79 Å². The highest BCUT2D eigenvalue weighted by atomic mass is 16.5. The number of likely N-dealkylation sites (N-methyl/N-ethyl adjacent to an activating group) is 1. The molecule has 25 heavy (non-hydrogen) atoms. The molecule has 0 aliphatic heterocycles. The topological polar surface area (TPSA) is 123 Å². The van der Waals surface area contributed by atoms with Gasteiger partial charge in [0.05, 0.1) is 46.7 Å². The number of unbranched alkanes of at least 4 members (excludes halogenated alkanes) is 1. The molecule has 0 spiro atoms. The quantitative estimate of drug-likeness (QED) is 0.208. The van der Waals surface area contributed by atoms with Crippen molar-refractivity contribution in [2.24, 2.45) is 0 Å². The van der Waals surface area contributed by atoms with Gasteiger partial charge in [0.1, 0.15) is 12.6 Å².